The van der Waals surface area contributed by atoms with Crippen LogP contribution in [0.1, 0.15) is 20.9 Å². The lowest BCUT2D eigenvalue weighted by Crippen LogP contribution is -2.18. The highest BCUT2D eigenvalue weighted by Crippen LogP contribution is 2.43. The van der Waals surface area contributed by atoms with Crippen LogP contribution in [-0.2, 0) is 17.6 Å². The minimum absolute atomic E-state index is 0.0302. The summed E-state index contributed by atoms with van der Waals surface area (Å²) in [6, 6.07) is 10.9. The van der Waals surface area contributed by atoms with E-state index in [4.69, 9.17) is 16.3 Å². The van der Waals surface area contributed by atoms with Crippen molar-refractivity contribution in [1.29, 1.82) is 5.26 Å². The first-order valence-corrected chi connectivity index (χ1v) is 9.65. The zero-order valence-corrected chi connectivity index (χ0v) is 16.9. The number of thiophene rings is 1. The van der Waals surface area contributed by atoms with Crippen molar-refractivity contribution in [3.8, 4) is 17.3 Å². The van der Waals surface area contributed by atoms with E-state index in [1.165, 1.54) is 30.3 Å². The van der Waals surface area contributed by atoms with Gasteiger partial charge in [-0.05, 0) is 45.1 Å². The van der Waals surface area contributed by atoms with Crippen LogP contribution in [-0.4, -0.2) is 10.5 Å². The lowest BCUT2D eigenvalue weighted by atomic mass is 10.1. The Morgan fingerprint density at radius 1 is 1.29 bits per heavy atom. The molecule has 0 radical (unpaired) electrons. The molecule has 4 nitrogen and oxygen atoms in total. The number of nitriles is 1. The summed E-state index contributed by atoms with van der Waals surface area (Å²) in [6.45, 7) is -0.718. The SMILES string of the molecule is N#Cc1c(Br)c(C(F)(F)F)n(COC(=O)c2cccs2)c1-c1ccc(Cl)cc1. The molecule has 0 aliphatic carbocycles. The molecule has 144 valence electrons. The van der Waals surface area contributed by atoms with Gasteiger partial charge >= 0.3 is 12.1 Å². The first-order valence-electron chi connectivity index (χ1n) is 7.60. The van der Waals surface area contributed by atoms with E-state index in [1.54, 1.807) is 17.5 Å². The van der Waals surface area contributed by atoms with Gasteiger partial charge < -0.3 is 9.30 Å². The van der Waals surface area contributed by atoms with E-state index in [2.05, 4.69) is 15.9 Å². The lowest BCUT2D eigenvalue weighted by Gasteiger charge is -2.16. The van der Waals surface area contributed by atoms with Gasteiger partial charge in [0, 0.05) is 5.02 Å². The molecule has 0 atom stereocenters. The van der Waals surface area contributed by atoms with Crippen molar-refractivity contribution in [2.45, 2.75) is 12.9 Å². The van der Waals surface area contributed by atoms with Crippen molar-refractivity contribution in [3.63, 3.8) is 0 Å². The van der Waals surface area contributed by atoms with Gasteiger partial charge in [0.25, 0.3) is 0 Å². The second kappa shape index (κ2) is 7.99. The van der Waals surface area contributed by atoms with Gasteiger partial charge in [-0.2, -0.15) is 18.4 Å². The number of benzene rings is 1. The molecule has 0 spiro atoms. The van der Waals surface area contributed by atoms with Gasteiger partial charge in [-0.1, -0.05) is 29.8 Å². The Balaban J connectivity index is 2.13. The second-order valence-corrected chi connectivity index (χ2v) is 7.65. The third-order valence-electron chi connectivity index (χ3n) is 3.75. The predicted molar refractivity (Wildman–Crippen MR) is 102 cm³/mol. The number of hydrogen-bond acceptors (Lipinski definition) is 4. The topological polar surface area (TPSA) is 55.0 Å². The quantitative estimate of drug-likeness (QED) is 0.402. The van der Waals surface area contributed by atoms with Gasteiger partial charge in [-0.3, -0.25) is 0 Å². The number of hydrogen-bond donors (Lipinski definition) is 0. The van der Waals surface area contributed by atoms with Gasteiger partial charge in [0.05, 0.1) is 15.7 Å². The lowest BCUT2D eigenvalue weighted by molar-refractivity contribution is -0.145. The van der Waals surface area contributed by atoms with Gasteiger partial charge in [0.15, 0.2) is 6.73 Å². The summed E-state index contributed by atoms with van der Waals surface area (Å²) < 4.78 is 46.5. The highest BCUT2D eigenvalue weighted by atomic mass is 79.9. The van der Waals surface area contributed by atoms with Crippen molar-refractivity contribution >= 4 is 44.8 Å². The smallest absolute Gasteiger partial charge is 0.432 e. The van der Waals surface area contributed by atoms with Crippen molar-refractivity contribution in [2.75, 3.05) is 0 Å². The van der Waals surface area contributed by atoms with Crippen LogP contribution < -0.4 is 0 Å². The van der Waals surface area contributed by atoms with E-state index >= 15 is 0 Å². The minimum Gasteiger partial charge on any atom is -0.440 e. The minimum atomic E-state index is -4.79. The van der Waals surface area contributed by atoms with Crippen LogP contribution in [0.3, 0.4) is 0 Å². The van der Waals surface area contributed by atoms with Gasteiger partial charge in [-0.15, -0.1) is 11.3 Å². The normalized spacial score (nSPS) is 11.3. The number of aromatic nitrogens is 1. The van der Waals surface area contributed by atoms with Crippen LogP contribution in [0.5, 0.6) is 0 Å². The van der Waals surface area contributed by atoms with Gasteiger partial charge in [0.1, 0.15) is 16.6 Å². The van der Waals surface area contributed by atoms with E-state index < -0.39 is 29.0 Å². The molecule has 0 aliphatic heterocycles. The molecule has 0 aliphatic rings. The number of rotatable bonds is 4. The monoisotopic (exact) mass is 488 g/mol. The molecule has 3 rings (SSSR count). The summed E-state index contributed by atoms with van der Waals surface area (Å²) >= 11 is 9.84. The molecule has 0 amide bonds. The van der Waals surface area contributed by atoms with Crippen LogP contribution in [0.25, 0.3) is 11.3 Å². The van der Waals surface area contributed by atoms with Crippen LogP contribution in [0, 0.1) is 11.3 Å². The third-order valence-corrected chi connectivity index (χ3v) is 5.62. The van der Waals surface area contributed by atoms with Crippen LogP contribution in [0.4, 0.5) is 13.2 Å². The third kappa shape index (κ3) is 3.94. The Kier molecular flexibility index (Phi) is 5.84. The molecule has 28 heavy (non-hydrogen) atoms. The summed E-state index contributed by atoms with van der Waals surface area (Å²) in [6.07, 6.45) is -4.79. The van der Waals surface area contributed by atoms with Crippen molar-refractivity contribution < 1.29 is 22.7 Å². The fourth-order valence-electron chi connectivity index (χ4n) is 2.59. The van der Waals surface area contributed by atoms with Gasteiger partial charge in [-0.25, -0.2) is 4.79 Å². The number of carbonyl (C=O) groups excluding carboxylic acids is 1. The molecule has 1 aromatic carbocycles. The van der Waals surface area contributed by atoms with Crippen LogP contribution in [0.2, 0.25) is 5.02 Å². The molecule has 2 aromatic heterocycles. The molecule has 0 fully saturated rings. The Morgan fingerprint density at radius 2 is 1.96 bits per heavy atom. The van der Waals surface area contributed by atoms with Gasteiger partial charge in [0.2, 0.25) is 0 Å². The van der Waals surface area contributed by atoms with Crippen molar-refractivity contribution in [2.24, 2.45) is 0 Å². The molecule has 0 unspecified atom stereocenters. The van der Waals surface area contributed by atoms with E-state index in [-0.39, 0.29) is 16.1 Å². The summed E-state index contributed by atoms with van der Waals surface area (Å²) in [5.74, 6) is -0.756. The average molecular weight is 490 g/mol. The average Bonchev–Trinajstić information content (AvgIpc) is 3.26. The summed E-state index contributed by atoms with van der Waals surface area (Å²) in [4.78, 5) is 12.4. The first-order chi connectivity index (χ1) is 13.2. The fraction of sp³-hybridized carbons (Fsp3) is 0.111. The number of nitrogens with zero attached hydrogens (tertiary/aromatic N) is 2. The molecule has 10 heteroatoms. The zero-order valence-electron chi connectivity index (χ0n) is 13.8. The molecular weight excluding hydrogens is 481 g/mol. The molecule has 0 N–H and O–H groups in total. The maximum absolute atomic E-state index is 13.7. The molecule has 2 heterocycles. The Hall–Kier alpha value is -2.28. The number of alkyl halides is 3. The zero-order chi connectivity index (χ0) is 20.5. The largest absolute Gasteiger partial charge is 0.440 e. The van der Waals surface area contributed by atoms with E-state index in [0.717, 1.165) is 15.9 Å². The Bertz CT molecular complexity index is 1050. The van der Waals surface area contributed by atoms with E-state index in [0.29, 0.717) is 10.6 Å². The standard InChI is InChI=1S/C18H9BrClF3N2O2S/c19-14-12(8-24)15(10-3-5-11(20)6-4-10)25(16(14)18(21,22)23)9-27-17(26)13-2-1-7-28-13/h1-7H,9H2. The molecule has 0 saturated heterocycles. The van der Waals surface area contributed by atoms with Crippen LogP contribution in [0.15, 0.2) is 46.3 Å². The maximum atomic E-state index is 13.7. The molecule has 3 aromatic rings. The van der Waals surface area contributed by atoms with E-state index in [9.17, 15) is 23.2 Å². The maximum Gasteiger partial charge on any atom is 0.432 e. The van der Waals surface area contributed by atoms with Crippen LogP contribution >= 0.6 is 38.9 Å². The van der Waals surface area contributed by atoms with Crippen molar-refractivity contribution in [3.05, 3.63) is 67.4 Å². The molecule has 0 saturated carbocycles. The highest BCUT2D eigenvalue weighted by molar-refractivity contribution is 9.10. The fourth-order valence-corrected chi connectivity index (χ4v) is 4.05. The molecular formula is C18H9BrClF3N2O2S. The summed E-state index contributed by atoms with van der Waals surface area (Å²) in [5.41, 5.74) is -1.04. The highest BCUT2D eigenvalue weighted by Gasteiger charge is 2.41. The second-order valence-electron chi connectivity index (χ2n) is 5.47. The van der Waals surface area contributed by atoms with Crippen molar-refractivity contribution in [1.82, 2.24) is 4.57 Å². The molecule has 0 bridgehead atoms. The first kappa shape index (κ1) is 20.5. The van der Waals surface area contributed by atoms with E-state index in [1.807, 2.05) is 0 Å². The predicted octanol–water partition coefficient (Wildman–Crippen LogP) is 6.34. The number of esters is 1. The summed E-state index contributed by atoms with van der Waals surface area (Å²) in [7, 11) is 0. The Labute approximate surface area is 174 Å². The Morgan fingerprint density at radius 3 is 2.50 bits per heavy atom. The number of ether oxygens (including phenoxy) is 1. The number of halogens is 5. The number of carbonyl (C=O) groups is 1. The summed E-state index contributed by atoms with van der Waals surface area (Å²) in [5, 5.41) is 11.5.